The number of amides is 2. The minimum absolute atomic E-state index is 0.0232. The third kappa shape index (κ3) is 13.4. The molecule has 26 heteroatoms. The molecule has 2 fully saturated rings. The Morgan fingerprint density at radius 2 is 0.823 bits per heavy atom. The smallest absolute Gasteiger partial charge is 0.320 e. The Labute approximate surface area is 552 Å². The average molecular weight is 1330 g/mol. The predicted octanol–water partition coefficient (Wildman–Crippen LogP) is 10.2. The molecule has 0 bridgehead atoms. The first-order chi connectivity index (χ1) is 46.5. The summed E-state index contributed by atoms with van der Waals surface area (Å²) in [6, 6.07) is 49.7. The van der Waals surface area contributed by atoms with Crippen LogP contribution in [0.3, 0.4) is 0 Å². The first-order valence-electron chi connectivity index (χ1n) is 31.2. The van der Waals surface area contributed by atoms with Crippen molar-refractivity contribution < 1.29 is 61.1 Å². The Morgan fingerprint density at radius 3 is 1.12 bits per heavy atom. The van der Waals surface area contributed by atoms with Gasteiger partial charge in [0.25, 0.3) is 11.1 Å². The lowest BCUT2D eigenvalue weighted by atomic mass is 9.80. The molecular weight excluding hydrogens is 1250 g/mol. The molecule has 0 saturated carbocycles. The first kappa shape index (κ1) is 66.2. The van der Waals surface area contributed by atoms with Gasteiger partial charge < -0.3 is 46.9 Å². The summed E-state index contributed by atoms with van der Waals surface area (Å²) >= 11 is 0. The van der Waals surface area contributed by atoms with Gasteiger partial charge in [0.2, 0.25) is 23.7 Å². The van der Waals surface area contributed by atoms with Gasteiger partial charge in [-0.05, 0) is 81.9 Å². The van der Waals surface area contributed by atoms with E-state index in [9.17, 15) is 19.2 Å². The van der Waals surface area contributed by atoms with Crippen molar-refractivity contribution in [1.29, 1.82) is 0 Å². The number of benzene rings is 6. The number of carbonyl (C=O) groups excluding carboxylic acids is 2. The van der Waals surface area contributed by atoms with Crippen LogP contribution in [0.4, 0.5) is 11.9 Å². The zero-order valence-electron chi connectivity index (χ0n) is 53.9. The maximum Gasteiger partial charge on any atom is 0.320 e. The number of carbonyl (C=O) groups is 2. The molecule has 10 aromatic rings. The summed E-state index contributed by atoms with van der Waals surface area (Å²) in [7, 11) is 2.68. The average Bonchev–Trinajstić information content (AvgIpc) is 1.08. The third-order valence-electron chi connectivity index (χ3n) is 17.0. The predicted molar refractivity (Wildman–Crippen MR) is 356 cm³/mol. The van der Waals surface area contributed by atoms with Crippen LogP contribution in [0.15, 0.2) is 180 Å². The molecule has 2 amide bonds. The van der Waals surface area contributed by atoms with E-state index in [1.807, 2.05) is 158 Å². The fourth-order valence-electron chi connectivity index (χ4n) is 12.1. The third-order valence-corrected chi connectivity index (χ3v) is 18.0. The lowest BCUT2D eigenvalue weighted by Gasteiger charge is -2.37. The van der Waals surface area contributed by atoms with E-state index in [2.05, 4.69) is 40.5 Å². The summed E-state index contributed by atoms with van der Waals surface area (Å²) in [5.74, 6) is 0.540. The standard InChI is InChI=1S/C70H73N10O15P/c1-41(2)61(81)75-67-73-59-57(63(83)77-67)71-39-79(59)65-55(35-53(92-65)37-90-69(43-15-11-9-12-16-43,45-19-27-49(86-5)28-20-45)46-21-29-50(87-6)30-22-46)94-96(85)95-56-36-54(93-66(56)80-40-72-58-60(80)74-68(78-64(58)84)76-62(82)42(3)4)38-91-70(44-17-13-10-14-18-44,47-23-31-51(88-7)32-24-47)48-25-33-52(89-8)34-26-48/h9-34,39-42,53-56,65-66,96H,35-38H2,1-8H3,(H2,73,75,77,81,83)(H2,74,76,78,82,84)/t53-,54-,55-,56-,65+,66+/m0/s1. The van der Waals surface area contributed by atoms with Gasteiger partial charge in [-0.15, -0.1) is 0 Å². The summed E-state index contributed by atoms with van der Waals surface area (Å²) in [5, 5.41) is 5.35. The number of rotatable bonds is 26. The van der Waals surface area contributed by atoms with E-state index in [1.165, 1.54) is 21.8 Å². The number of aromatic amines is 2. The molecule has 2 aliphatic heterocycles. The summed E-state index contributed by atoms with van der Waals surface area (Å²) in [6.45, 7) is 6.60. The van der Waals surface area contributed by atoms with Crippen molar-refractivity contribution in [1.82, 2.24) is 39.0 Å². The second-order valence-electron chi connectivity index (χ2n) is 23.7. The number of hydrogen-bond donors (Lipinski definition) is 4. The van der Waals surface area contributed by atoms with Gasteiger partial charge in [0, 0.05) is 24.7 Å². The maximum absolute atomic E-state index is 15.3. The van der Waals surface area contributed by atoms with E-state index >= 15 is 4.57 Å². The van der Waals surface area contributed by atoms with Gasteiger partial charge in [0.05, 0.1) is 66.5 Å². The van der Waals surface area contributed by atoms with Crippen molar-refractivity contribution in [2.24, 2.45) is 11.8 Å². The van der Waals surface area contributed by atoms with E-state index in [0.717, 1.165) is 33.4 Å². The van der Waals surface area contributed by atoms with Crippen LogP contribution < -0.4 is 40.7 Å². The van der Waals surface area contributed by atoms with Crippen molar-refractivity contribution in [3.8, 4) is 23.0 Å². The molecule has 4 aromatic heterocycles. The van der Waals surface area contributed by atoms with Crippen LogP contribution in [0.5, 0.6) is 23.0 Å². The van der Waals surface area contributed by atoms with Crippen molar-refractivity contribution in [2.45, 2.75) is 88.6 Å². The van der Waals surface area contributed by atoms with Crippen molar-refractivity contribution in [3.63, 3.8) is 0 Å². The molecule has 2 saturated heterocycles. The summed E-state index contributed by atoms with van der Waals surface area (Å²) in [4.78, 5) is 76.9. The maximum atomic E-state index is 15.3. The number of imidazole rings is 2. The number of fused-ring (bicyclic) bond motifs is 2. The van der Waals surface area contributed by atoms with Gasteiger partial charge in [-0.2, -0.15) is 9.97 Å². The van der Waals surface area contributed by atoms with Crippen LogP contribution in [-0.2, 0) is 53.4 Å². The SMILES string of the molecule is COc1ccc(C(OC[C@@H]2C[C@H](O[PH](=O)O[C@H]3C[C@@H](COC(c4ccccc4)(c4ccc(OC)cc4)c4ccc(OC)cc4)O[C@H]3n3cnc4c(=O)[nH]c(NC(=O)C(C)C)nc43)[C@H](n3cnc4c(=O)[nH]c(NC(=O)C(C)C)nc43)O2)(c2ccccc2)c2ccc(OC)cc2)cc1. The molecule has 96 heavy (non-hydrogen) atoms. The highest BCUT2D eigenvalue weighted by Crippen LogP contribution is 2.48. The molecule has 6 aromatic carbocycles. The summed E-state index contributed by atoms with van der Waals surface area (Å²) in [5.41, 5.74) is 0.632. The zero-order valence-corrected chi connectivity index (χ0v) is 54.9. The number of methoxy groups -OCH3 is 4. The van der Waals surface area contributed by atoms with Crippen LogP contribution in [0.1, 0.15) is 86.4 Å². The Bertz CT molecular complexity index is 4110. The topological polar surface area (TPSA) is 295 Å². The molecule has 4 N–H and O–H groups in total. The van der Waals surface area contributed by atoms with Crippen LogP contribution in [-0.4, -0.2) is 117 Å². The van der Waals surface area contributed by atoms with E-state index in [0.29, 0.717) is 23.0 Å². The largest absolute Gasteiger partial charge is 0.497 e. The van der Waals surface area contributed by atoms with Gasteiger partial charge in [-0.1, -0.05) is 137 Å². The van der Waals surface area contributed by atoms with Gasteiger partial charge >= 0.3 is 8.25 Å². The summed E-state index contributed by atoms with van der Waals surface area (Å²) in [6.07, 6.45) is -3.54. The molecule has 0 radical (unpaired) electrons. The highest BCUT2D eigenvalue weighted by molar-refractivity contribution is 7.33. The van der Waals surface area contributed by atoms with E-state index in [4.69, 9.17) is 46.9 Å². The first-order valence-corrected chi connectivity index (χ1v) is 32.5. The highest BCUT2D eigenvalue weighted by Gasteiger charge is 2.47. The number of anilines is 2. The zero-order chi connectivity index (χ0) is 67.3. The van der Waals surface area contributed by atoms with Crippen molar-refractivity contribution in [2.75, 3.05) is 52.3 Å². The molecule has 0 spiro atoms. The number of nitrogens with one attached hydrogen (secondary N) is 4. The monoisotopic (exact) mass is 1320 g/mol. The molecular formula is C70H73N10O15P. The van der Waals surface area contributed by atoms with Crippen LogP contribution >= 0.6 is 8.25 Å². The van der Waals surface area contributed by atoms with Gasteiger partial charge in [-0.3, -0.25) is 53.5 Å². The Kier molecular flexibility index (Phi) is 19.7. The second-order valence-corrected chi connectivity index (χ2v) is 24.7. The van der Waals surface area contributed by atoms with E-state index in [-0.39, 0.29) is 60.3 Å². The van der Waals surface area contributed by atoms with Crippen molar-refractivity contribution in [3.05, 3.63) is 224 Å². The van der Waals surface area contributed by atoms with E-state index in [1.54, 1.807) is 56.1 Å². The van der Waals surface area contributed by atoms with Crippen molar-refractivity contribution >= 4 is 54.3 Å². The quantitative estimate of drug-likeness (QED) is 0.0289. The Balaban J connectivity index is 0.912. The molecule has 25 nitrogen and oxygen atoms in total. The van der Waals surface area contributed by atoms with Crippen LogP contribution in [0, 0.1) is 11.8 Å². The minimum Gasteiger partial charge on any atom is -0.497 e. The van der Waals surface area contributed by atoms with Gasteiger partial charge in [0.15, 0.2) is 34.8 Å². The van der Waals surface area contributed by atoms with E-state index < -0.39 is 91.1 Å². The van der Waals surface area contributed by atoms with Gasteiger partial charge in [-0.25, -0.2) is 9.97 Å². The number of ether oxygens (including phenoxy) is 8. The van der Waals surface area contributed by atoms with Gasteiger partial charge in [0.1, 0.15) is 46.4 Å². The summed E-state index contributed by atoms with van der Waals surface area (Å²) < 4.78 is 82.5. The lowest BCUT2D eigenvalue weighted by Crippen LogP contribution is -2.35. The molecule has 498 valence electrons. The molecule has 6 heterocycles. The fraction of sp³-hybridized carbons (Fsp3) is 0.314. The Hall–Kier alpha value is -9.85. The number of H-pyrrole nitrogens is 2. The van der Waals surface area contributed by atoms with Crippen LogP contribution in [0.2, 0.25) is 0 Å². The minimum atomic E-state index is -3.70. The molecule has 0 unspecified atom stereocenters. The van der Waals surface area contributed by atoms with Crippen LogP contribution in [0.25, 0.3) is 22.3 Å². The fourth-order valence-corrected chi connectivity index (χ4v) is 13.0. The number of nitrogens with zero attached hydrogens (tertiary/aromatic N) is 6. The molecule has 6 atom stereocenters. The second kappa shape index (κ2) is 28.6. The highest BCUT2D eigenvalue weighted by atomic mass is 31.1. The lowest BCUT2D eigenvalue weighted by molar-refractivity contribution is -0.119. The molecule has 12 rings (SSSR count). The Morgan fingerprint density at radius 1 is 0.510 bits per heavy atom. The number of hydrogen-bond acceptors (Lipinski definition) is 19. The molecule has 0 aliphatic carbocycles. The number of aromatic nitrogens is 8. The molecule has 2 aliphatic rings. The normalized spacial score (nSPS) is 18.2.